The molecule has 0 aromatic carbocycles. The molecule has 1 aromatic rings. The van der Waals surface area contributed by atoms with Crippen LogP contribution < -0.4 is 11.2 Å². The normalized spacial score (nSPS) is 11.0. The van der Waals surface area contributed by atoms with Gasteiger partial charge in [-0.3, -0.25) is 4.79 Å². The highest BCUT2D eigenvalue weighted by molar-refractivity contribution is 7.99. The highest BCUT2D eigenvalue weighted by atomic mass is 32.2. The Morgan fingerprint density at radius 2 is 2.22 bits per heavy atom. The van der Waals surface area contributed by atoms with Crippen LogP contribution >= 0.6 is 11.8 Å². The van der Waals surface area contributed by atoms with Gasteiger partial charge in [0.05, 0.1) is 12.3 Å². The first-order valence-electron chi connectivity index (χ1n) is 4.47. The first-order chi connectivity index (χ1) is 8.36. The highest BCUT2D eigenvalue weighted by Crippen LogP contribution is 2.28. The molecule has 1 heterocycles. The number of aromatic nitrogens is 3. The summed E-state index contributed by atoms with van der Waals surface area (Å²) in [5.74, 6) is 5.43. The number of amides is 1. The third kappa shape index (κ3) is 3.56. The molecule has 10 heteroatoms. The van der Waals surface area contributed by atoms with E-state index in [0.717, 1.165) is 11.8 Å². The van der Waals surface area contributed by atoms with Gasteiger partial charge >= 0.3 is 6.18 Å². The lowest BCUT2D eigenvalue weighted by atomic mass is 10.6. The Morgan fingerprint density at radius 1 is 1.56 bits per heavy atom. The number of nitrogens with two attached hydrogens (primary N) is 1. The predicted molar refractivity (Wildman–Crippen MR) is 57.7 cm³/mol. The van der Waals surface area contributed by atoms with Crippen molar-refractivity contribution in [3.8, 4) is 12.3 Å². The van der Waals surface area contributed by atoms with E-state index in [9.17, 15) is 18.0 Å². The number of halogens is 3. The molecule has 0 radical (unpaired) electrons. The third-order valence-electron chi connectivity index (χ3n) is 1.64. The summed E-state index contributed by atoms with van der Waals surface area (Å²) in [5, 5.41) is 8.28. The molecule has 1 amide bonds. The Balaban J connectivity index is 2.62. The zero-order chi connectivity index (χ0) is 13.8. The molecule has 0 saturated carbocycles. The Hall–Kier alpha value is -1.89. The average molecular weight is 279 g/mol. The lowest BCUT2D eigenvalue weighted by Crippen LogP contribution is -2.26. The Labute approximate surface area is 104 Å². The lowest BCUT2D eigenvalue weighted by molar-refractivity contribution is -0.146. The molecule has 18 heavy (non-hydrogen) atoms. The maximum atomic E-state index is 12.3. The first kappa shape index (κ1) is 14.2. The Morgan fingerprint density at radius 3 is 2.72 bits per heavy atom. The molecule has 3 N–H and O–H groups in total. The van der Waals surface area contributed by atoms with Gasteiger partial charge in [0, 0.05) is 0 Å². The fourth-order valence-electron chi connectivity index (χ4n) is 0.900. The van der Waals surface area contributed by atoms with Gasteiger partial charge in [-0.1, -0.05) is 17.7 Å². The van der Waals surface area contributed by atoms with Gasteiger partial charge in [-0.2, -0.15) is 13.2 Å². The van der Waals surface area contributed by atoms with Crippen molar-refractivity contribution in [3.05, 3.63) is 5.82 Å². The number of nitrogens with one attached hydrogen (secondary N) is 1. The minimum absolute atomic E-state index is 0.0442. The Kier molecular flexibility index (Phi) is 4.43. The number of terminal acetylenes is 1. The SMILES string of the molecule is C#CCNC(=O)CSc1nnc(C(F)(F)F)n1N. The molecule has 0 atom stereocenters. The van der Waals surface area contributed by atoms with Crippen molar-refractivity contribution in [1.29, 1.82) is 0 Å². The minimum atomic E-state index is -4.69. The number of rotatable bonds is 4. The van der Waals surface area contributed by atoms with Crippen LogP contribution in [0, 0.1) is 12.3 Å². The van der Waals surface area contributed by atoms with Gasteiger partial charge in [0.15, 0.2) is 0 Å². The predicted octanol–water partition coefficient (Wildman–Crippen LogP) is -0.148. The number of alkyl halides is 3. The van der Waals surface area contributed by atoms with Gasteiger partial charge in [0.25, 0.3) is 5.82 Å². The van der Waals surface area contributed by atoms with E-state index >= 15 is 0 Å². The summed E-state index contributed by atoms with van der Waals surface area (Å²) in [6.07, 6.45) is 0.228. The van der Waals surface area contributed by atoms with Gasteiger partial charge < -0.3 is 11.2 Å². The number of carbonyl (C=O) groups is 1. The van der Waals surface area contributed by atoms with E-state index in [1.165, 1.54) is 0 Å². The van der Waals surface area contributed by atoms with E-state index in [0.29, 0.717) is 4.68 Å². The van der Waals surface area contributed by atoms with Gasteiger partial charge in [-0.05, 0) is 0 Å². The number of hydrogen-bond donors (Lipinski definition) is 2. The fraction of sp³-hybridized carbons (Fsp3) is 0.375. The largest absolute Gasteiger partial charge is 0.453 e. The van der Waals surface area contributed by atoms with Crippen molar-refractivity contribution in [2.75, 3.05) is 18.1 Å². The minimum Gasteiger partial charge on any atom is -0.344 e. The van der Waals surface area contributed by atoms with Crippen molar-refractivity contribution < 1.29 is 18.0 Å². The quantitative estimate of drug-likeness (QED) is 0.455. The molecule has 0 aliphatic heterocycles. The summed E-state index contributed by atoms with van der Waals surface area (Å²) in [7, 11) is 0. The number of carbonyl (C=O) groups excluding carboxylic acids is 1. The maximum absolute atomic E-state index is 12.3. The highest BCUT2D eigenvalue weighted by Gasteiger charge is 2.38. The van der Waals surface area contributed by atoms with Crippen molar-refractivity contribution in [1.82, 2.24) is 20.2 Å². The molecule has 0 bridgehead atoms. The molecular formula is C8H8F3N5OS. The zero-order valence-electron chi connectivity index (χ0n) is 8.86. The Bertz CT molecular complexity index is 478. The van der Waals surface area contributed by atoms with E-state index in [4.69, 9.17) is 12.3 Å². The van der Waals surface area contributed by atoms with Crippen LogP contribution in [0.2, 0.25) is 0 Å². The van der Waals surface area contributed by atoms with Crippen LogP contribution in [-0.4, -0.2) is 33.1 Å². The first-order valence-corrected chi connectivity index (χ1v) is 5.45. The van der Waals surface area contributed by atoms with Crippen molar-refractivity contribution in [2.45, 2.75) is 11.3 Å². The van der Waals surface area contributed by atoms with Crippen LogP contribution in [0.15, 0.2) is 5.16 Å². The fourth-order valence-corrected chi connectivity index (χ4v) is 1.59. The standard InChI is InChI=1S/C8H8F3N5OS/c1-2-3-13-5(17)4-18-7-15-14-6(16(7)12)8(9,10)11/h1H,3-4,12H2,(H,13,17). The van der Waals surface area contributed by atoms with Gasteiger partial charge in [-0.15, -0.1) is 16.6 Å². The van der Waals surface area contributed by atoms with Crippen molar-refractivity contribution in [3.63, 3.8) is 0 Å². The average Bonchev–Trinajstić information content (AvgIpc) is 2.64. The molecule has 0 spiro atoms. The maximum Gasteiger partial charge on any atom is 0.453 e. The molecule has 0 aliphatic rings. The van der Waals surface area contributed by atoms with E-state index in [1.54, 1.807) is 0 Å². The summed E-state index contributed by atoms with van der Waals surface area (Å²) in [5.41, 5.74) is 0. The van der Waals surface area contributed by atoms with Crippen molar-refractivity contribution >= 4 is 17.7 Å². The van der Waals surface area contributed by atoms with E-state index in [-0.39, 0.29) is 17.5 Å². The van der Waals surface area contributed by atoms with E-state index in [2.05, 4.69) is 21.4 Å². The molecule has 98 valence electrons. The van der Waals surface area contributed by atoms with E-state index in [1.807, 2.05) is 0 Å². The van der Waals surface area contributed by atoms with Crippen LogP contribution in [0.1, 0.15) is 5.82 Å². The molecule has 0 fully saturated rings. The number of nitrogens with zero attached hydrogens (tertiary/aromatic N) is 3. The van der Waals surface area contributed by atoms with Crippen LogP contribution in [0.25, 0.3) is 0 Å². The van der Waals surface area contributed by atoms with Crippen LogP contribution in [0.5, 0.6) is 0 Å². The molecule has 1 rings (SSSR count). The topological polar surface area (TPSA) is 85.8 Å². The molecule has 0 saturated heterocycles. The number of hydrogen-bond acceptors (Lipinski definition) is 5. The second kappa shape index (κ2) is 5.63. The smallest absolute Gasteiger partial charge is 0.344 e. The zero-order valence-corrected chi connectivity index (χ0v) is 9.68. The molecule has 1 aromatic heterocycles. The lowest BCUT2D eigenvalue weighted by Gasteiger charge is -2.05. The second-order valence-corrected chi connectivity index (χ2v) is 3.89. The van der Waals surface area contributed by atoms with E-state index < -0.39 is 17.9 Å². The van der Waals surface area contributed by atoms with Crippen LogP contribution in [0.4, 0.5) is 13.2 Å². The number of nitrogen functional groups attached to an aromatic ring is 1. The summed E-state index contributed by atoms with van der Waals surface area (Å²) >= 11 is 0.726. The van der Waals surface area contributed by atoms with Crippen LogP contribution in [0.3, 0.4) is 0 Å². The number of thioether (sulfide) groups is 1. The summed E-state index contributed by atoms with van der Waals surface area (Å²) in [6, 6.07) is 0. The van der Waals surface area contributed by atoms with Gasteiger partial charge in [-0.25, -0.2) is 4.68 Å². The summed E-state index contributed by atoms with van der Waals surface area (Å²) in [6.45, 7) is 0.0442. The van der Waals surface area contributed by atoms with Gasteiger partial charge in [0.2, 0.25) is 11.1 Å². The molecule has 0 aliphatic carbocycles. The molecular weight excluding hydrogens is 271 g/mol. The monoisotopic (exact) mass is 279 g/mol. The van der Waals surface area contributed by atoms with Crippen molar-refractivity contribution in [2.24, 2.45) is 0 Å². The molecule has 6 nitrogen and oxygen atoms in total. The third-order valence-corrected chi connectivity index (χ3v) is 2.58. The second-order valence-electron chi connectivity index (χ2n) is 2.94. The van der Waals surface area contributed by atoms with Gasteiger partial charge in [0.1, 0.15) is 0 Å². The van der Waals surface area contributed by atoms with Crippen LogP contribution in [-0.2, 0) is 11.0 Å². The summed E-state index contributed by atoms with van der Waals surface area (Å²) in [4.78, 5) is 11.1. The molecule has 0 unspecified atom stereocenters. The summed E-state index contributed by atoms with van der Waals surface area (Å²) < 4.78 is 37.2.